The molecule has 0 aliphatic heterocycles. The van der Waals surface area contributed by atoms with Gasteiger partial charge in [-0.25, -0.2) is 0 Å². The van der Waals surface area contributed by atoms with Crippen molar-refractivity contribution in [2.45, 2.75) is 38.5 Å². The lowest BCUT2D eigenvalue weighted by molar-refractivity contribution is -0.117. The standard InChI is InChI=1S/C15H22O3S/c1-10(14(17)19-15(2,3)4)13(16)11-6-8-12(18-5)9-7-11/h6-10,13,16H,1-5H3. The van der Waals surface area contributed by atoms with Gasteiger partial charge in [0.1, 0.15) is 5.75 Å². The lowest BCUT2D eigenvalue weighted by Gasteiger charge is -2.22. The Morgan fingerprint density at radius 1 is 1.26 bits per heavy atom. The van der Waals surface area contributed by atoms with Gasteiger partial charge in [0.25, 0.3) is 0 Å². The Morgan fingerprint density at radius 3 is 2.21 bits per heavy atom. The van der Waals surface area contributed by atoms with Crippen molar-refractivity contribution in [2.75, 3.05) is 7.11 Å². The summed E-state index contributed by atoms with van der Waals surface area (Å²) in [7, 11) is 1.59. The van der Waals surface area contributed by atoms with E-state index in [9.17, 15) is 9.90 Å². The lowest BCUT2D eigenvalue weighted by Crippen LogP contribution is -2.21. The summed E-state index contributed by atoms with van der Waals surface area (Å²) in [5.74, 6) is 0.302. The smallest absolute Gasteiger partial charge is 0.195 e. The van der Waals surface area contributed by atoms with Crippen molar-refractivity contribution in [3.05, 3.63) is 29.8 Å². The van der Waals surface area contributed by atoms with Gasteiger partial charge in [-0.1, -0.05) is 51.6 Å². The highest BCUT2D eigenvalue weighted by Gasteiger charge is 2.27. The Bertz CT molecular complexity index is 420. The summed E-state index contributed by atoms with van der Waals surface area (Å²) >= 11 is 1.27. The minimum absolute atomic E-state index is 0.0100. The van der Waals surface area contributed by atoms with Crippen LogP contribution in [0.2, 0.25) is 0 Å². The number of hydrogen-bond donors (Lipinski definition) is 1. The third-order valence-electron chi connectivity index (χ3n) is 2.71. The summed E-state index contributed by atoms with van der Waals surface area (Å²) in [6.07, 6.45) is -0.784. The Morgan fingerprint density at radius 2 is 1.79 bits per heavy atom. The van der Waals surface area contributed by atoms with E-state index in [4.69, 9.17) is 4.74 Å². The molecule has 4 heteroatoms. The quantitative estimate of drug-likeness (QED) is 0.919. The van der Waals surface area contributed by atoms with Crippen LogP contribution in [0, 0.1) is 5.92 Å². The second kappa shape index (κ2) is 6.44. The second-order valence-corrected chi connectivity index (χ2v) is 7.37. The highest BCUT2D eigenvalue weighted by molar-refractivity contribution is 8.14. The summed E-state index contributed by atoms with van der Waals surface area (Å²) in [4.78, 5) is 12.1. The van der Waals surface area contributed by atoms with E-state index in [1.165, 1.54) is 11.8 Å². The molecule has 1 N–H and O–H groups in total. The maximum atomic E-state index is 12.1. The normalized spacial score (nSPS) is 14.8. The zero-order chi connectivity index (χ0) is 14.6. The molecule has 106 valence electrons. The molecule has 0 amide bonds. The first kappa shape index (κ1) is 16.1. The molecule has 1 rings (SSSR count). The van der Waals surface area contributed by atoms with Crippen molar-refractivity contribution in [1.82, 2.24) is 0 Å². The van der Waals surface area contributed by atoms with Crippen molar-refractivity contribution >= 4 is 16.9 Å². The van der Waals surface area contributed by atoms with Crippen molar-refractivity contribution in [2.24, 2.45) is 5.92 Å². The number of aliphatic hydroxyl groups excluding tert-OH is 1. The zero-order valence-corrected chi connectivity index (χ0v) is 13.0. The fraction of sp³-hybridized carbons (Fsp3) is 0.533. The SMILES string of the molecule is COc1ccc(C(O)C(C)C(=O)SC(C)(C)C)cc1. The zero-order valence-electron chi connectivity index (χ0n) is 12.1. The van der Waals surface area contributed by atoms with Gasteiger partial charge in [0.2, 0.25) is 0 Å². The van der Waals surface area contributed by atoms with E-state index in [0.717, 1.165) is 11.3 Å². The van der Waals surface area contributed by atoms with Gasteiger partial charge in [-0.15, -0.1) is 0 Å². The van der Waals surface area contributed by atoms with Gasteiger partial charge in [0.15, 0.2) is 5.12 Å². The highest BCUT2D eigenvalue weighted by atomic mass is 32.2. The van der Waals surface area contributed by atoms with Crippen LogP contribution < -0.4 is 4.74 Å². The molecule has 3 nitrogen and oxygen atoms in total. The van der Waals surface area contributed by atoms with Crippen LogP contribution in [-0.4, -0.2) is 22.1 Å². The fourth-order valence-electron chi connectivity index (χ4n) is 1.61. The monoisotopic (exact) mass is 282 g/mol. The molecule has 2 unspecified atom stereocenters. The molecule has 1 aromatic rings. The first-order chi connectivity index (χ1) is 8.74. The minimum atomic E-state index is -0.784. The van der Waals surface area contributed by atoms with Crippen molar-refractivity contribution in [3.8, 4) is 5.75 Å². The molecular formula is C15H22O3S. The number of rotatable bonds is 4. The number of ether oxygens (including phenoxy) is 1. The molecule has 0 saturated carbocycles. The summed E-state index contributed by atoms with van der Waals surface area (Å²) < 4.78 is 4.94. The average Bonchev–Trinajstić information content (AvgIpc) is 2.35. The summed E-state index contributed by atoms with van der Waals surface area (Å²) in [5.41, 5.74) is 0.733. The van der Waals surface area contributed by atoms with Gasteiger partial charge >= 0.3 is 0 Å². The van der Waals surface area contributed by atoms with E-state index in [2.05, 4.69) is 0 Å². The molecule has 2 atom stereocenters. The molecule has 0 aliphatic rings. The van der Waals surface area contributed by atoms with E-state index in [0.29, 0.717) is 0 Å². The predicted octanol–water partition coefficient (Wildman–Crippen LogP) is 3.42. The number of carbonyl (C=O) groups is 1. The molecule has 0 aromatic heterocycles. The predicted molar refractivity (Wildman–Crippen MR) is 79.5 cm³/mol. The summed E-state index contributed by atoms with van der Waals surface area (Å²) in [6, 6.07) is 7.14. The first-order valence-corrected chi connectivity index (χ1v) is 7.11. The van der Waals surface area contributed by atoms with Crippen LogP contribution in [0.15, 0.2) is 24.3 Å². The molecule has 0 fully saturated rings. The number of aliphatic hydroxyl groups is 1. The van der Waals surface area contributed by atoms with Gasteiger partial charge in [0, 0.05) is 4.75 Å². The molecule has 1 aromatic carbocycles. The third-order valence-corrected chi connectivity index (χ3v) is 3.89. The van der Waals surface area contributed by atoms with Crippen LogP contribution in [-0.2, 0) is 4.79 Å². The van der Waals surface area contributed by atoms with Crippen LogP contribution >= 0.6 is 11.8 Å². The number of carbonyl (C=O) groups excluding carboxylic acids is 1. The Kier molecular flexibility index (Phi) is 5.44. The first-order valence-electron chi connectivity index (χ1n) is 6.29. The number of thioether (sulfide) groups is 1. The molecule has 0 heterocycles. The van der Waals surface area contributed by atoms with Crippen molar-refractivity contribution < 1.29 is 14.6 Å². The average molecular weight is 282 g/mol. The summed E-state index contributed by atoms with van der Waals surface area (Å²) in [6.45, 7) is 7.72. The van der Waals surface area contributed by atoms with E-state index in [1.54, 1.807) is 38.3 Å². The van der Waals surface area contributed by atoms with Gasteiger partial charge in [-0.05, 0) is 17.7 Å². The van der Waals surface area contributed by atoms with E-state index >= 15 is 0 Å². The third kappa shape index (κ3) is 4.88. The number of benzene rings is 1. The Balaban J connectivity index is 2.75. The van der Waals surface area contributed by atoms with Gasteiger partial charge in [-0.3, -0.25) is 4.79 Å². The van der Waals surface area contributed by atoms with Gasteiger partial charge in [-0.2, -0.15) is 0 Å². The van der Waals surface area contributed by atoms with Crippen LogP contribution in [0.4, 0.5) is 0 Å². The summed E-state index contributed by atoms with van der Waals surface area (Å²) in [5, 5.41) is 10.3. The van der Waals surface area contributed by atoms with Crippen molar-refractivity contribution in [1.29, 1.82) is 0 Å². The maximum Gasteiger partial charge on any atom is 0.195 e. The molecule has 0 bridgehead atoms. The van der Waals surface area contributed by atoms with Crippen LogP contribution in [0.25, 0.3) is 0 Å². The number of methoxy groups -OCH3 is 1. The maximum absolute atomic E-state index is 12.1. The van der Waals surface area contributed by atoms with Gasteiger partial charge in [0.05, 0.1) is 19.1 Å². The van der Waals surface area contributed by atoms with Crippen molar-refractivity contribution in [3.63, 3.8) is 0 Å². The van der Waals surface area contributed by atoms with E-state index < -0.39 is 12.0 Å². The van der Waals surface area contributed by atoms with Crippen LogP contribution in [0.1, 0.15) is 39.4 Å². The molecule has 0 radical (unpaired) electrons. The van der Waals surface area contributed by atoms with E-state index in [-0.39, 0.29) is 9.86 Å². The molecule has 0 spiro atoms. The van der Waals surface area contributed by atoms with E-state index in [1.807, 2.05) is 20.8 Å². The largest absolute Gasteiger partial charge is 0.497 e. The molecule has 0 aliphatic carbocycles. The number of hydrogen-bond acceptors (Lipinski definition) is 4. The highest BCUT2D eigenvalue weighted by Crippen LogP contribution is 2.32. The minimum Gasteiger partial charge on any atom is -0.497 e. The molecule has 0 saturated heterocycles. The van der Waals surface area contributed by atoms with Gasteiger partial charge < -0.3 is 9.84 Å². The topological polar surface area (TPSA) is 46.5 Å². The Labute approximate surface area is 119 Å². The fourth-order valence-corrected chi connectivity index (χ4v) is 2.53. The van der Waals surface area contributed by atoms with Crippen LogP contribution in [0.3, 0.4) is 0 Å². The lowest BCUT2D eigenvalue weighted by atomic mass is 9.98. The second-order valence-electron chi connectivity index (χ2n) is 5.54. The Hall–Kier alpha value is -1.00. The molecular weight excluding hydrogens is 260 g/mol. The molecule has 19 heavy (non-hydrogen) atoms. The van der Waals surface area contributed by atoms with Crippen LogP contribution in [0.5, 0.6) is 5.75 Å².